The lowest BCUT2D eigenvalue weighted by Crippen LogP contribution is -2.49. The molecule has 2 heterocycles. The number of ether oxygens (including phenoxy) is 1. The molecule has 1 aromatic rings. The van der Waals surface area contributed by atoms with E-state index in [1.165, 1.54) is 12.0 Å². The number of hydrogen-bond donors (Lipinski definition) is 1. The number of carbonyl (C=O) groups excluding carboxylic acids is 1. The first-order valence-electron chi connectivity index (χ1n) is 11.0. The number of aliphatic imine (C=N–C) groups is 1. The predicted molar refractivity (Wildman–Crippen MR) is 117 cm³/mol. The van der Waals surface area contributed by atoms with E-state index in [9.17, 15) is 4.79 Å². The van der Waals surface area contributed by atoms with Crippen molar-refractivity contribution in [2.75, 3.05) is 39.8 Å². The Balaban J connectivity index is 1.48. The van der Waals surface area contributed by atoms with Gasteiger partial charge in [-0.3, -0.25) is 14.7 Å². The number of nitrogens with one attached hydrogen (secondary N) is 1. The van der Waals surface area contributed by atoms with Gasteiger partial charge in [-0.05, 0) is 44.6 Å². The van der Waals surface area contributed by atoms with E-state index in [4.69, 9.17) is 4.74 Å². The summed E-state index contributed by atoms with van der Waals surface area (Å²) in [6.07, 6.45) is 3.10. The molecular weight excluding hydrogens is 364 g/mol. The van der Waals surface area contributed by atoms with E-state index in [1.807, 2.05) is 14.0 Å². The second kappa shape index (κ2) is 10.6. The van der Waals surface area contributed by atoms with Gasteiger partial charge in [0.2, 0.25) is 0 Å². The fraction of sp³-hybridized carbons (Fsp3) is 0.652. The number of benzene rings is 1. The lowest BCUT2D eigenvalue weighted by atomic mass is 9.98. The summed E-state index contributed by atoms with van der Waals surface area (Å²) in [6, 6.07) is 11.3. The predicted octanol–water partition coefficient (Wildman–Crippen LogP) is 2.75. The first-order valence-corrected chi connectivity index (χ1v) is 11.0. The van der Waals surface area contributed by atoms with E-state index < -0.39 is 0 Å². The van der Waals surface area contributed by atoms with Crippen LogP contribution in [0.5, 0.6) is 0 Å². The number of esters is 1. The molecular formula is C23H36N4O2. The monoisotopic (exact) mass is 400 g/mol. The van der Waals surface area contributed by atoms with Crippen molar-refractivity contribution in [2.24, 2.45) is 16.8 Å². The summed E-state index contributed by atoms with van der Waals surface area (Å²) in [6.45, 7) is 9.31. The minimum Gasteiger partial charge on any atom is -0.466 e. The molecule has 1 aromatic carbocycles. The van der Waals surface area contributed by atoms with E-state index >= 15 is 0 Å². The maximum absolute atomic E-state index is 12.1. The Morgan fingerprint density at radius 1 is 1.28 bits per heavy atom. The van der Waals surface area contributed by atoms with Crippen LogP contribution in [0.4, 0.5) is 0 Å². The molecule has 6 nitrogen and oxygen atoms in total. The second-order valence-electron chi connectivity index (χ2n) is 8.33. The van der Waals surface area contributed by atoms with Gasteiger partial charge in [0.25, 0.3) is 0 Å². The number of piperidine rings is 1. The largest absolute Gasteiger partial charge is 0.466 e. The average molecular weight is 401 g/mol. The Bertz CT molecular complexity index is 679. The van der Waals surface area contributed by atoms with Crippen molar-refractivity contribution in [3.05, 3.63) is 35.9 Å². The van der Waals surface area contributed by atoms with Gasteiger partial charge < -0.3 is 15.0 Å². The highest BCUT2D eigenvalue weighted by atomic mass is 16.5. The van der Waals surface area contributed by atoms with Gasteiger partial charge in [-0.2, -0.15) is 0 Å². The third kappa shape index (κ3) is 5.95. The van der Waals surface area contributed by atoms with Gasteiger partial charge in [0.05, 0.1) is 12.5 Å². The third-order valence-corrected chi connectivity index (χ3v) is 6.12. The zero-order valence-corrected chi connectivity index (χ0v) is 18.1. The lowest BCUT2D eigenvalue weighted by molar-refractivity contribution is -0.149. The highest BCUT2D eigenvalue weighted by Gasteiger charge is 2.31. The lowest BCUT2D eigenvalue weighted by Gasteiger charge is -2.34. The Kier molecular flexibility index (Phi) is 7.92. The Morgan fingerprint density at radius 3 is 2.79 bits per heavy atom. The fourth-order valence-corrected chi connectivity index (χ4v) is 4.59. The van der Waals surface area contributed by atoms with Gasteiger partial charge >= 0.3 is 5.97 Å². The zero-order chi connectivity index (χ0) is 20.6. The van der Waals surface area contributed by atoms with Crippen molar-refractivity contribution in [2.45, 2.75) is 45.7 Å². The molecule has 0 bridgehead atoms. The highest BCUT2D eigenvalue weighted by Crippen LogP contribution is 2.25. The minimum absolute atomic E-state index is 0.0462. The third-order valence-electron chi connectivity index (χ3n) is 6.12. The van der Waals surface area contributed by atoms with Crippen molar-refractivity contribution in [3.8, 4) is 0 Å². The van der Waals surface area contributed by atoms with Crippen molar-refractivity contribution < 1.29 is 9.53 Å². The Hall–Kier alpha value is -2.08. The van der Waals surface area contributed by atoms with Gasteiger partial charge in [0.15, 0.2) is 5.96 Å². The van der Waals surface area contributed by atoms with Crippen molar-refractivity contribution >= 4 is 11.9 Å². The van der Waals surface area contributed by atoms with Crippen LogP contribution in [0.15, 0.2) is 35.3 Å². The van der Waals surface area contributed by atoms with Gasteiger partial charge in [-0.15, -0.1) is 0 Å². The summed E-state index contributed by atoms with van der Waals surface area (Å²) in [4.78, 5) is 21.4. The molecule has 2 aliphatic rings. The van der Waals surface area contributed by atoms with E-state index in [0.29, 0.717) is 25.1 Å². The molecule has 160 valence electrons. The van der Waals surface area contributed by atoms with Gasteiger partial charge in [-0.25, -0.2) is 0 Å². The molecule has 3 rings (SSSR count). The molecule has 6 heteroatoms. The second-order valence-corrected chi connectivity index (χ2v) is 8.33. The van der Waals surface area contributed by atoms with Crippen LogP contribution < -0.4 is 5.32 Å². The van der Waals surface area contributed by atoms with Crippen LogP contribution in [-0.4, -0.2) is 67.6 Å². The van der Waals surface area contributed by atoms with Crippen LogP contribution >= 0.6 is 0 Å². The molecule has 2 saturated heterocycles. The maximum Gasteiger partial charge on any atom is 0.310 e. The number of hydrogen-bond acceptors (Lipinski definition) is 4. The van der Waals surface area contributed by atoms with Crippen LogP contribution in [0.3, 0.4) is 0 Å². The van der Waals surface area contributed by atoms with E-state index in [-0.39, 0.29) is 11.9 Å². The van der Waals surface area contributed by atoms with Crippen molar-refractivity contribution in [1.29, 1.82) is 0 Å². The first kappa shape index (κ1) is 21.6. The number of guanidine groups is 1. The topological polar surface area (TPSA) is 57.2 Å². The molecule has 2 fully saturated rings. The van der Waals surface area contributed by atoms with Crippen molar-refractivity contribution in [3.63, 3.8) is 0 Å². The van der Waals surface area contributed by atoms with Crippen molar-refractivity contribution in [1.82, 2.24) is 15.1 Å². The Morgan fingerprint density at radius 2 is 2.07 bits per heavy atom. The molecule has 0 saturated carbocycles. The summed E-state index contributed by atoms with van der Waals surface area (Å²) >= 11 is 0. The quantitative estimate of drug-likeness (QED) is 0.452. The maximum atomic E-state index is 12.1. The van der Waals surface area contributed by atoms with Crippen LogP contribution in [0.2, 0.25) is 0 Å². The van der Waals surface area contributed by atoms with Crippen LogP contribution in [-0.2, 0) is 16.1 Å². The SMILES string of the molecule is CCOC(=O)[C@@H]1CCCN(C(=NC)NCC2CC(C)N(Cc3ccccc3)C2)C1. The van der Waals surface area contributed by atoms with Gasteiger partial charge in [-0.1, -0.05) is 30.3 Å². The van der Waals surface area contributed by atoms with E-state index in [0.717, 1.165) is 45.0 Å². The average Bonchev–Trinajstić information content (AvgIpc) is 3.09. The van der Waals surface area contributed by atoms with Gasteiger partial charge in [0, 0.05) is 45.8 Å². The van der Waals surface area contributed by atoms with E-state index in [2.05, 4.69) is 57.4 Å². The molecule has 3 atom stereocenters. The molecule has 0 aliphatic carbocycles. The molecule has 1 N–H and O–H groups in total. The standard InChI is InChI=1S/C23H36N4O2/c1-4-29-22(28)21-11-8-12-26(17-21)23(24-3)25-14-20-13-18(2)27(16-20)15-19-9-6-5-7-10-19/h5-7,9-10,18,20-21H,4,8,11-17H2,1-3H3,(H,24,25)/t18?,20?,21-/m1/s1. The Labute approximate surface area is 175 Å². The summed E-state index contributed by atoms with van der Waals surface area (Å²) in [7, 11) is 1.83. The molecule has 29 heavy (non-hydrogen) atoms. The summed E-state index contributed by atoms with van der Waals surface area (Å²) in [5.41, 5.74) is 1.38. The molecule has 2 unspecified atom stereocenters. The normalized spacial score (nSPS) is 25.8. The minimum atomic E-state index is -0.0752. The molecule has 0 spiro atoms. The summed E-state index contributed by atoms with van der Waals surface area (Å²) in [5.74, 6) is 1.40. The highest BCUT2D eigenvalue weighted by molar-refractivity contribution is 5.81. The fourth-order valence-electron chi connectivity index (χ4n) is 4.59. The molecule has 0 aromatic heterocycles. The van der Waals surface area contributed by atoms with Crippen LogP contribution in [0.1, 0.15) is 38.7 Å². The molecule has 0 radical (unpaired) electrons. The molecule has 0 amide bonds. The van der Waals surface area contributed by atoms with E-state index in [1.54, 1.807) is 0 Å². The zero-order valence-electron chi connectivity index (χ0n) is 18.1. The smallest absolute Gasteiger partial charge is 0.310 e. The van der Waals surface area contributed by atoms with Crippen LogP contribution in [0, 0.1) is 11.8 Å². The number of nitrogens with zero attached hydrogens (tertiary/aromatic N) is 3. The summed E-state index contributed by atoms with van der Waals surface area (Å²) < 4.78 is 5.23. The number of carbonyl (C=O) groups is 1. The number of likely N-dealkylation sites (tertiary alicyclic amines) is 2. The van der Waals surface area contributed by atoms with Crippen LogP contribution in [0.25, 0.3) is 0 Å². The van der Waals surface area contributed by atoms with Gasteiger partial charge in [0.1, 0.15) is 0 Å². The first-order chi connectivity index (χ1) is 14.1. The number of rotatable bonds is 6. The molecule has 2 aliphatic heterocycles. The summed E-state index contributed by atoms with van der Waals surface area (Å²) in [5, 5.41) is 3.57.